The Hall–Kier alpha value is -1.68. The molecule has 0 N–H and O–H groups in total. The SMILES string of the molecule is COC(=O)c1ccc(C(C)SCc2ccccc2C)o1. The Labute approximate surface area is 123 Å². The molecule has 1 unspecified atom stereocenters. The number of aryl methyl sites for hydroxylation is 1. The highest BCUT2D eigenvalue weighted by Gasteiger charge is 2.15. The van der Waals surface area contributed by atoms with E-state index in [1.54, 1.807) is 17.8 Å². The zero-order valence-corrected chi connectivity index (χ0v) is 12.7. The zero-order valence-electron chi connectivity index (χ0n) is 11.9. The van der Waals surface area contributed by atoms with E-state index >= 15 is 0 Å². The molecule has 4 heteroatoms. The van der Waals surface area contributed by atoms with E-state index in [9.17, 15) is 4.79 Å². The second-order valence-corrected chi connectivity index (χ2v) is 5.90. The number of carbonyl (C=O) groups is 1. The molecule has 1 aromatic heterocycles. The zero-order chi connectivity index (χ0) is 14.5. The molecule has 0 saturated heterocycles. The minimum atomic E-state index is -0.438. The summed E-state index contributed by atoms with van der Waals surface area (Å²) < 4.78 is 10.2. The van der Waals surface area contributed by atoms with Crippen LogP contribution in [-0.4, -0.2) is 13.1 Å². The molecule has 0 aliphatic carbocycles. The van der Waals surface area contributed by atoms with Crippen LogP contribution in [0.25, 0.3) is 0 Å². The van der Waals surface area contributed by atoms with Gasteiger partial charge in [-0.3, -0.25) is 0 Å². The van der Waals surface area contributed by atoms with Gasteiger partial charge in [-0.25, -0.2) is 4.79 Å². The number of methoxy groups -OCH3 is 1. The largest absolute Gasteiger partial charge is 0.463 e. The van der Waals surface area contributed by atoms with E-state index in [-0.39, 0.29) is 11.0 Å². The molecule has 1 aromatic carbocycles. The van der Waals surface area contributed by atoms with Crippen molar-refractivity contribution in [3.8, 4) is 0 Å². The highest BCUT2D eigenvalue weighted by atomic mass is 32.2. The van der Waals surface area contributed by atoms with Crippen molar-refractivity contribution in [2.24, 2.45) is 0 Å². The molecule has 3 nitrogen and oxygen atoms in total. The van der Waals surface area contributed by atoms with Gasteiger partial charge < -0.3 is 9.15 Å². The molecule has 0 saturated carbocycles. The van der Waals surface area contributed by atoms with E-state index in [1.165, 1.54) is 18.2 Å². The van der Waals surface area contributed by atoms with E-state index in [4.69, 9.17) is 4.42 Å². The van der Waals surface area contributed by atoms with Gasteiger partial charge in [-0.15, -0.1) is 11.8 Å². The average molecular weight is 290 g/mol. The predicted octanol–water partition coefficient (Wildman–Crippen LogP) is 4.37. The molecular formula is C16H18O3S. The minimum absolute atomic E-state index is 0.188. The number of carbonyl (C=O) groups excluding carboxylic acids is 1. The molecule has 2 rings (SSSR count). The lowest BCUT2D eigenvalue weighted by atomic mass is 10.1. The van der Waals surface area contributed by atoms with Crippen LogP contribution < -0.4 is 0 Å². The summed E-state index contributed by atoms with van der Waals surface area (Å²) in [6, 6.07) is 11.8. The van der Waals surface area contributed by atoms with Crippen molar-refractivity contribution in [3.63, 3.8) is 0 Å². The first-order valence-corrected chi connectivity index (χ1v) is 7.51. The lowest BCUT2D eigenvalue weighted by molar-refractivity contribution is 0.0563. The van der Waals surface area contributed by atoms with Gasteiger partial charge in [-0.1, -0.05) is 24.3 Å². The normalized spacial score (nSPS) is 12.2. The number of thioether (sulfide) groups is 1. The number of hydrogen-bond acceptors (Lipinski definition) is 4. The summed E-state index contributed by atoms with van der Waals surface area (Å²) in [6.07, 6.45) is 0. The molecule has 0 fully saturated rings. The third kappa shape index (κ3) is 3.45. The van der Waals surface area contributed by atoms with Crippen LogP contribution in [0.15, 0.2) is 40.8 Å². The van der Waals surface area contributed by atoms with Gasteiger partial charge in [0.15, 0.2) is 0 Å². The first-order valence-electron chi connectivity index (χ1n) is 6.46. The monoisotopic (exact) mass is 290 g/mol. The van der Waals surface area contributed by atoms with Crippen LogP contribution in [0.5, 0.6) is 0 Å². The van der Waals surface area contributed by atoms with Crippen molar-refractivity contribution in [3.05, 3.63) is 59.0 Å². The van der Waals surface area contributed by atoms with Crippen LogP contribution in [0.2, 0.25) is 0 Å². The highest BCUT2D eigenvalue weighted by molar-refractivity contribution is 7.98. The van der Waals surface area contributed by atoms with Gasteiger partial charge >= 0.3 is 5.97 Å². The average Bonchev–Trinajstić information content (AvgIpc) is 2.95. The van der Waals surface area contributed by atoms with Crippen molar-refractivity contribution in [1.82, 2.24) is 0 Å². The van der Waals surface area contributed by atoms with Crippen LogP contribution >= 0.6 is 11.8 Å². The Bertz CT molecular complexity index is 589. The Kier molecular flexibility index (Phi) is 4.90. The maximum Gasteiger partial charge on any atom is 0.373 e. The van der Waals surface area contributed by atoms with Crippen molar-refractivity contribution in [2.75, 3.05) is 7.11 Å². The lowest BCUT2D eigenvalue weighted by Crippen LogP contribution is -1.98. The predicted molar refractivity (Wildman–Crippen MR) is 80.9 cm³/mol. The topological polar surface area (TPSA) is 39.4 Å². The quantitative estimate of drug-likeness (QED) is 0.767. The fraction of sp³-hybridized carbons (Fsp3) is 0.312. The van der Waals surface area contributed by atoms with Crippen molar-refractivity contribution in [1.29, 1.82) is 0 Å². The molecule has 0 bridgehead atoms. The summed E-state index contributed by atoms with van der Waals surface area (Å²) in [7, 11) is 1.35. The van der Waals surface area contributed by atoms with E-state index in [1.807, 2.05) is 12.1 Å². The van der Waals surface area contributed by atoms with Gasteiger partial charge in [0.2, 0.25) is 5.76 Å². The van der Waals surface area contributed by atoms with E-state index in [0.717, 1.165) is 11.5 Å². The van der Waals surface area contributed by atoms with Gasteiger partial charge in [-0.2, -0.15) is 0 Å². The second-order valence-electron chi connectivity index (χ2n) is 4.57. The molecule has 0 spiro atoms. The number of ether oxygens (including phenoxy) is 1. The Balaban J connectivity index is 1.98. The van der Waals surface area contributed by atoms with E-state index < -0.39 is 5.97 Å². The third-order valence-corrected chi connectivity index (χ3v) is 4.37. The summed E-state index contributed by atoms with van der Waals surface area (Å²) in [4.78, 5) is 11.4. The van der Waals surface area contributed by atoms with Crippen LogP contribution in [-0.2, 0) is 10.5 Å². The number of rotatable bonds is 5. The molecule has 20 heavy (non-hydrogen) atoms. The summed E-state index contributed by atoms with van der Waals surface area (Å²) in [6.45, 7) is 4.19. The van der Waals surface area contributed by atoms with Gasteiger partial charge in [-0.05, 0) is 37.1 Å². The van der Waals surface area contributed by atoms with E-state index in [2.05, 4.69) is 36.8 Å². The van der Waals surface area contributed by atoms with Crippen molar-refractivity contribution >= 4 is 17.7 Å². The lowest BCUT2D eigenvalue weighted by Gasteiger charge is -2.10. The molecule has 0 aliphatic heterocycles. The number of esters is 1. The van der Waals surface area contributed by atoms with Gasteiger partial charge in [0.1, 0.15) is 5.76 Å². The number of hydrogen-bond donors (Lipinski definition) is 0. The second kappa shape index (κ2) is 6.66. The number of furan rings is 1. The molecule has 0 aliphatic rings. The van der Waals surface area contributed by atoms with Crippen LogP contribution in [0.4, 0.5) is 0 Å². The molecule has 2 aromatic rings. The fourth-order valence-corrected chi connectivity index (χ4v) is 2.89. The Morgan fingerprint density at radius 3 is 2.75 bits per heavy atom. The molecule has 0 radical (unpaired) electrons. The van der Waals surface area contributed by atoms with Crippen LogP contribution in [0.3, 0.4) is 0 Å². The smallest absolute Gasteiger partial charge is 0.373 e. The summed E-state index contributed by atoms with van der Waals surface area (Å²) >= 11 is 1.78. The first-order chi connectivity index (χ1) is 9.61. The summed E-state index contributed by atoms with van der Waals surface area (Å²) in [5.41, 5.74) is 2.62. The van der Waals surface area contributed by atoms with Crippen LogP contribution in [0, 0.1) is 6.92 Å². The Morgan fingerprint density at radius 2 is 2.05 bits per heavy atom. The van der Waals surface area contributed by atoms with Crippen LogP contribution in [0.1, 0.15) is 39.6 Å². The fourth-order valence-electron chi connectivity index (χ4n) is 1.85. The minimum Gasteiger partial charge on any atom is -0.463 e. The molecule has 1 atom stereocenters. The number of benzene rings is 1. The molecule has 1 heterocycles. The van der Waals surface area contributed by atoms with E-state index in [0.29, 0.717) is 0 Å². The van der Waals surface area contributed by atoms with Gasteiger partial charge in [0.05, 0.1) is 12.4 Å². The third-order valence-electron chi connectivity index (χ3n) is 3.16. The standard InChI is InChI=1S/C16H18O3S/c1-11-6-4-5-7-13(11)10-20-12(2)14-8-9-15(19-14)16(17)18-3/h4-9,12H,10H2,1-3H3. The highest BCUT2D eigenvalue weighted by Crippen LogP contribution is 2.32. The Morgan fingerprint density at radius 1 is 1.30 bits per heavy atom. The maximum atomic E-state index is 11.4. The molecule has 0 amide bonds. The maximum absolute atomic E-state index is 11.4. The molecule has 106 valence electrons. The molecular weight excluding hydrogens is 272 g/mol. The first kappa shape index (κ1) is 14.7. The van der Waals surface area contributed by atoms with Crippen molar-refractivity contribution < 1.29 is 13.9 Å². The summed E-state index contributed by atoms with van der Waals surface area (Å²) in [5.74, 6) is 1.53. The van der Waals surface area contributed by atoms with Gasteiger partial charge in [0.25, 0.3) is 0 Å². The van der Waals surface area contributed by atoms with Gasteiger partial charge in [0, 0.05) is 5.75 Å². The van der Waals surface area contributed by atoms with Crippen molar-refractivity contribution in [2.45, 2.75) is 24.9 Å². The summed E-state index contributed by atoms with van der Waals surface area (Å²) in [5, 5.41) is 0.188.